The van der Waals surface area contributed by atoms with Gasteiger partial charge in [-0.3, -0.25) is 4.98 Å². The molecule has 152 valence electrons. The summed E-state index contributed by atoms with van der Waals surface area (Å²) in [6, 6.07) is 7.86. The van der Waals surface area contributed by atoms with E-state index in [4.69, 9.17) is 46.4 Å². The first kappa shape index (κ1) is 22.1. The number of benzene rings is 2. The summed E-state index contributed by atoms with van der Waals surface area (Å²) in [5, 5.41) is 1.34. The van der Waals surface area contributed by atoms with E-state index >= 15 is 0 Å². The second-order valence-corrected chi connectivity index (χ2v) is 8.63. The molecule has 1 aromatic heterocycles. The first-order chi connectivity index (χ1) is 13.7. The SMILES string of the molecule is CCCn1c(=O)[nH]c(=O)n(-c2cc(Cl)c(Sc3ccc(Cl)cc3Cl)c(Cl)c2)c1=O. The molecule has 0 aliphatic rings. The second-order valence-electron chi connectivity index (χ2n) is 5.92. The minimum Gasteiger partial charge on any atom is -0.258 e. The van der Waals surface area contributed by atoms with E-state index in [2.05, 4.69) is 4.98 Å². The molecule has 6 nitrogen and oxygen atoms in total. The Kier molecular flexibility index (Phi) is 6.86. The van der Waals surface area contributed by atoms with E-state index in [9.17, 15) is 14.4 Å². The van der Waals surface area contributed by atoms with Gasteiger partial charge in [0.2, 0.25) is 0 Å². The molecule has 0 fully saturated rings. The van der Waals surface area contributed by atoms with Gasteiger partial charge < -0.3 is 0 Å². The van der Waals surface area contributed by atoms with Crippen LogP contribution >= 0.6 is 58.2 Å². The van der Waals surface area contributed by atoms with Crippen LogP contribution in [0.4, 0.5) is 0 Å². The molecule has 2 aromatic carbocycles. The highest BCUT2D eigenvalue weighted by atomic mass is 35.5. The van der Waals surface area contributed by atoms with E-state index in [-0.39, 0.29) is 22.3 Å². The second kappa shape index (κ2) is 9.02. The topological polar surface area (TPSA) is 76.9 Å². The summed E-state index contributed by atoms with van der Waals surface area (Å²) < 4.78 is 1.76. The van der Waals surface area contributed by atoms with E-state index in [0.29, 0.717) is 26.3 Å². The molecule has 3 aromatic rings. The summed E-state index contributed by atoms with van der Waals surface area (Å²) in [6.07, 6.45) is 0.542. The molecule has 0 aliphatic carbocycles. The average molecular weight is 493 g/mol. The average Bonchev–Trinajstić information content (AvgIpc) is 2.63. The fourth-order valence-corrected chi connectivity index (χ4v) is 4.66. The highest BCUT2D eigenvalue weighted by Crippen LogP contribution is 2.42. The zero-order valence-corrected chi connectivity index (χ0v) is 18.7. The van der Waals surface area contributed by atoms with Gasteiger partial charge >= 0.3 is 17.1 Å². The van der Waals surface area contributed by atoms with Crippen LogP contribution in [0.2, 0.25) is 20.1 Å². The van der Waals surface area contributed by atoms with Crippen LogP contribution in [0, 0.1) is 0 Å². The van der Waals surface area contributed by atoms with Crippen LogP contribution in [0.15, 0.2) is 54.5 Å². The van der Waals surface area contributed by atoms with E-state index < -0.39 is 17.1 Å². The number of aromatic nitrogens is 3. The third kappa shape index (κ3) is 4.59. The molecule has 0 aliphatic heterocycles. The van der Waals surface area contributed by atoms with Gasteiger partial charge in [-0.15, -0.1) is 0 Å². The number of rotatable bonds is 5. The predicted molar refractivity (Wildman–Crippen MR) is 118 cm³/mol. The lowest BCUT2D eigenvalue weighted by atomic mass is 10.3. The van der Waals surface area contributed by atoms with Crippen molar-refractivity contribution in [2.24, 2.45) is 0 Å². The van der Waals surface area contributed by atoms with Crippen LogP contribution in [-0.2, 0) is 6.54 Å². The Balaban J connectivity index is 2.11. The van der Waals surface area contributed by atoms with Crippen molar-refractivity contribution in [1.29, 1.82) is 0 Å². The van der Waals surface area contributed by atoms with Gasteiger partial charge in [-0.25, -0.2) is 23.5 Å². The Bertz CT molecular complexity index is 1240. The van der Waals surface area contributed by atoms with Crippen LogP contribution in [0.5, 0.6) is 0 Å². The summed E-state index contributed by atoms with van der Waals surface area (Å²) in [4.78, 5) is 40.1. The third-order valence-electron chi connectivity index (χ3n) is 3.88. The van der Waals surface area contributed by atoms with Crippen LogP contribution in [0.3, 0.4) is 0 Å². The van der Waals surface area contributed by atoms with Crippen molar-refractivity contribution < 1.29 is 0 Å². The maximum Gasteiger partial charge on any atom is 0.340 e. The molecule has 0 saturated heterocycles. The third-order valence-corrected chi connectivity index (χ3v) is 6.58. The Morgan fingerprint density at radius 3 is 2.17 bits per heavy atom. The monoisotopic (exact) mass is 491 g/mol. The molecule has 0 spiro atoms. The van der Waals surface area contributed by atoms with E-state index in [0.717, 1.165) is 9.13 Å². The molecule has 1 N–H and O–H groups in total. The normalized spacial score (nSPS) is 11.1. The van der Waals surface area contributed by atoms with Crippen molar-refractivity contribution in [3.63, 3.8) is 0 Å². The number of hydrogen-bond acceptors (Lipinski definition) is 4. The van der Waals surface area contributed by atoms with E-state index in [1.807, 2.05) is 6.92 Å². The van der Waals surface area contributed by atoms with Gasteiger partial charge in [0.15, 0.2) is 0 Å². The maximum absolute atomic E-state index is 12.7. The molecule has 1 heterocycles. The molecule has 0 unspecified atom stereocenters. The first-order valence-electron chi connectivity index (χ1n) is 8.31. The van der Waals surface area contributed by atoms with Crippen molar-refractivity contribution >= 4 is 58.2 Å². The number of H-pyrrole nitrogens is 1. The lowest BCUT2D eigenvalue weighted by molar-refractivity contribution is 0.563. The van der Waals surface area contributed by atoms with Crippen molar-refractivity contribution in [3.8, 4) is 5.69 Å². The van der Waals surface area contributed by atoms with E-state index in [1.165, 1.54) is 23.9 Å². The van der Waals surface area contributed by atoms with Gasteiger partial charge in [-0.2, -0.15) is 0 Å². The van der Waals surface area contributed by atoms with Crippen LogP contribution in [-0.4, -0.2) is 14.1 Å². The van der Waals surface area contributed by atoms with Crippen molar-refractivity contribution in [1.82, 2.24) is 14.1 Å². The number of nitrogens with one attached hydrogen (secondary N) is 1. The minimum absolute atomic E-state index is 0.141. The quantitative estimate of drug-likeness (QED) is 0.551. The summed E-state index contributed by atoms with van der Waals surface area (Å²) in [5.41, 5.74) is -2.27. The van der Waals surface area contributed by atoms with Gasteiger partial charge in [0.1, 0.15) is 0 Å². The molecule has 0 bridgehead atoms. The molecule has 29 heavy (non-hydrogen) atoms. The van der Waals surface area contributed by atoms with Crippen molar-refractivity contribution in [2.75, 3.05) is 0 Å². The molecule has 11 heteroatoms. The number of hydrogen-bond donors (Lipinski definition) is 1. The molecular weight excluding hydrogens is 480 g/mol. The standard InChI is InChI=1S/C18H13Cl4N3O3S/c1-2-5-24-16(26)23-17(27)25(18(24)28)10-7-12(21)15(13(22)8-10)29-14-4-3-9(19)6-11(14)20/h3-4,6-8H,2,5H2,1H3,(H,23,26,27). The number of nitrogens with zero attached hydrogens (tertiary/aromatic N) is 2. The highest BCUT2D eigenvalue weighted by molar-refractivity contribution is 7.99. The van der Waals surface area contributed by atoms with Gasteiger partial charge in [0, 0.05) is 21.4 Å². The van der Waals surface area contributed by atoms with E-state index in [1.54, 1.807) is 18.2 Å². The van der Waals surface area contributed by atoms with Gasteiger partial charge in [-0.1, -0.05) is 65.1 Å². The fraction of sp³-hybridized carbons (Fsp3) is 0.167. The van der Waals surface area contributed by atoms with Crippen LogP contribution < -0.4 is 17.1 Å². The lowest BCUT2D eigenvalue weighted by Crippen LogP contribution is -2.48. The molecule has 0 saturated carbocycles. The van der Waals surface area contributed by atoms with Crippen molar-refractivity contribution in [3.05, 3.63) is 81.9 Å². The van der Waals surface area contributed by atoms with Gasteiger partial charge in [-0.05, 0) is 36.8 Å². The highest BCUT2D eigenvalue weighted by Gasteiger charge is 2.17. The fourth-order valence-electron chi connectivity index (χ4n) is 2.60. The summed E-state index contributed by atoms with van der Waals surface area (Å²) in [7, 11) is 0. The summed E-state index contributed by atoms with van der Waals surface area (Å²) >= 11 is 26.1. The smallest absolute Gasteiger partial charge is 0.258 e. The van der Waals surface area contributed by atoms with Gasteiger partial charge in [0.05, 0.1) is 20.8 Å². The molecule has 0 atom stereocenters. The Labute approximate surface area is 189 Å². The minimum atomic E-state index is -0.874. The summed E-state index contributed by atoms with van der Waals surface area (Å²) in [6.45, 7) is 1.97. The first-order valence-corrected chi connectivity index (χ1v) is 10.6. The maximum atomic E-state index is 12.7. The predicted octanol–water partition coefficient (Wildman–Crippen LogP) is 4.86. The Morgan fingerprint density at radius 1 is 0.931 bits per heavy atom. The summed E-state index contributed by atoms with van der Waals surface area (Å²) in [5.74, 6) is 0. The molecule has 3 rings (SSSR count). The molecule has 0 amide bonds. The van der Waals surface area contributed by atoms with Gasteiger partial charge in [0.25, 0.3) is 0 Å². The number of aromatic amines is 1. The Morgan fingerprint density at radius 2 is 1.59 bits per heavy atom. The zero-order valence-electron chi connectivity index (χ0n) is 14.8. The van der Waals surface area contributed by atoms with Crippen LogP contribution in [0.1, 0.15) is 13.3 Å². The zero-order chi connectivity index (χ0) is 21.3. The largest absolute Gasteiger partial charge is 0.340 e. The molecule has 0 radical (unpaired) electrons. The van der Waals surface area contributed by atoms with Crippen LogP contribution in [0.25, 0.3) is 5.69 Å². The van der Waals surface area contributed by atoms with Crippen molar-refractivity contribution in [2.45, 2.75) is 29.7 Å². The Hall–Kier alpha value is -1.64. The molecular formula is C18H13Cl4N3O3S. The lowest BCUT2D eigenvalue weighted by Gasteiger charge is -2.12. The number of halogens is 4.